The van der Waals surface area contributed by atoms with Crippen molar-refractivity contribution in [2.75, 3.05) is 32.0 Å². The Balaban J connectivity index is 0.00000220. The number of hydrogen-bond donors (Lipinski definition) is 2. The van der Waals surface area contributed by atoms with Gasteiger partial charge in [-0.1, -0.05) is 29.3 Å². The van der Waals surface area contributed by atoms with Crippen molar-refractivity contribution in [3.05, 3.63) is 28.2 Å². The van der Waals surface area contributed by atoms with Gasteiger partial charge in [0.1, 0.15) is 0 Å². The van der Waals surface area contributed by atoms with Gasteiger partial charge in [-0.15, -0.1) is 12.4 Å². The van der Waals surface area contributed by atoms with Gasteiger partial charge in [-0.2, -0.15) is 0 Å². The van der Waals surface area contributed by atoms with Crippen LogP contribution in [-0.2, 0) is 4.79 Å². The molecule has 0 aromatic heterocycles. The van der Waals surface area contributed by atoms with Crippen molar-refractivity contribution in [1.29, 1.82) is 0 Å². The van der Waals surface area contributed by atoms with Gasteiger partial charge in [0.05, 0.1) is 15.7 Å². The van der Waals surface area contributed by atoms with Crippen LogP contribution in [0.25, 0.3) is 0 Å². The second-order valence-corrected chi connectivity index (χ2v) is 5.78. The number of para-hydroxylation sites is 1. The highest BCUT2D eigenvalue weighted by Crippen LogP contribution is 2.29. The van der Waals surface area contributed by atoms with Crippen LogP contribution in [0, 0.1) is 0 Å². The SMILES string of the molecule is CNC1CCN(CCC(=O)Nc2c(Cl)cccc2Cl)C1.Cl. The van der Waals surface area contributed by atoms with Crippen molar-refractivity contribution in [2.45, 2.75) is 18.9 Å². The molecule has 0 aliphatic carbocycles. The molecule has 1 aromatic carbocycles. The first-order valence-corrected chi connectivity index (χ1v) is 7.49. The summed E-state index contributed by atoms with van der Waals surface area (Å²) in [6.07, 6.45) is 1.58. The molecule has 0 spiro atoms. The van der Waals surface area contributed by atoms with Gasteiger partial charge in [0, 0.05) is 25.6 Å². The largest absolute Gasteiger partial charge is 0.324 e. The minimum atomic E-state index is -0.0621. The molecule has 1 unspecified atom stereocenters. The maximum atomic E-state index is 12.0. The minimum Gasteiger partial charge on any atom is -0.324 e. The van der Waals surface area contributed by atoms with E-state index in [0.29, 0.717) is 28.2 Å². The number of anilines is 1. The van der Waals surface area contributed by atoms with Crippen LogP contribution in [0.4, 0.5) is 5.69 Å². The Morgan fingerprint density at radius 3 is 2.62 bits per heavy atom. The average molecular weight is 353 g/mol. The third-order valence-corrected chi connectivity index (χ3v) is 4.19. The number of benzene rings is 1. The van der Waals surface area contributed by atoms with Crippen LogP contribution >= 0.6 is 35.6 Å². The average Bonchev–Trinajstić information content (AvgIpc) is 2.89. The summed E-state index contributed by atoms with van der Waals surface area (Å²) in [6, 6.07) is 5.71. The van der Waals surface area contributed by atoms with E-state index in [9.17, 15) is 4.79 Å². The van der Waals surface area contributed by atoms with E-state index in [-0.39, 0.29) is 18.3 Å². The lowest BCUT2D eigenvalue weighted by atomic mass is 10.3. The number of carbonyl (C=O) groups excluding carboxylic acids is 1. The van der Waals surface area contributed by atoms with Gasteiger partial charge in [0.15, 0.2) is 0 Å². The maximum absolute atomic E-state index is 12.0. The van der Waals surface area contributed by atoms with Gasteiger partial charge in [0.25, 0.3) is 0 Å². The smallest absolute Gasteiger partial charge is 0.225 e. The van der Waals surface area contributed by atoms with Crippen LogP contribution in [0.5, 0.6) is 0 Å². The quantitative estimate of drug-likeness (QED) is 0.856. The third kappa shape index (κ3) is 5.31. The first-order valence-electron chi connectivity index (χ1n) is 6.73. The first-order chi connectivity index (χ1) is 9.60. The lowest BCUT2D eigenvalue weighted by Crippen LogP contribution is -2.31. The molecule has 21 heavy (non-hydrogen) atoms. The Labute approximate surface area is 141 Å². The standard InChI is InChI=1S/C14H19Cl2N3O.ClH/c1-17-10-5-7-19(9-10)8-6-13(20)18-14-11(15)3-2-4-12(14)16;/h2-4,10,17H,5-9H2,1H3,(H,18,20);1H. The van der Waals surface area contributed by atoms with E-state index in [1.165, 1.54) is 0 Å². The number of likely N-dealkylation sites (N-methyl/N-ethyl adjacent to an activating group) is 1. The van der Waals surface area contributed by atoms with E-state index in [4.69, 9.17) is 23.2 Å². The van der Waals surface area contributed by atoms with Crippen LogP contribution in [0.15, 0.2) is 18.2 Å². The van der Waals surface area contributed by atoms with Crippen molar-refractivity contribution < 1.29 is 4.79 Å². The van der Waals surface area contributed by atoms with Gasteiger partial charge in [-0.25, -0.2) is 0 Å². The summed E-state index contributed by atoms with van der Waals surface area (Å²) in [6.45, 7) is 2.79. The van der Waals surface area contributed by atoms with Crippen molar-refractivity contribution in [1.82, 2.24) is 10.2 Å². The highest BCUT2D eigenvalue weighted by Gasteiger charge is 2.21. The first kappa shape index (κ1) is 18.5. The molecule has 2 N–H and O–H groups in total. The van der Waals surface area contributed by atoms with Gasteiger partial charge in [-0.3, -0.25) is 4.79 Å². The van der Waals surface area contributed by atoms with Crippen LogP contribution in [0.3, 0.4) is 0 Å². The molecule has 118 valence electrons. The molecule has 2 rings (SSSR count). The second-order valence-electron chi connectivity index (χ2n) is 4.97. The molecule has 0 bridgehead atoms. The molecule has 1 atom stereocenters. The Morgan fingerprint density at radius 2 is 2.05 bits per heavy atom. The number of amides is 1. The topological polar surface area (TPSA) is 44.4 Å². The zero-order valence-electron chi connectivity index (χ0n) is 11.9. The Bertz CT molecular complexity index is 464. The molecular weight excluding hydrogens is 333 g/mol. The van der Waals surface area contributed by atoms with E-state index < -0.39 is 0 Å². The summed E-state index contributed by atoms with van der Waals surface area (Å²) in [5.41, 5.74) is 0.496. The van der Waals surface area contributed by atoms with Crippen LogP contribution in [-0.4, -0.2) is 43.5 Å². The maximum Gasteiger partial charge on any atom is 0.225 e. The van der Waals surface area contributed by atoms with Crippen molar-refractivity contribution >= 4 is 47.2 Å². The monoisotopic (exact) mass is 351 g/mol. The number of nitrogens with zero attached hydrogens (tertiary/aromatic N) is 1. The Hall–Kier alpha value is -0.520. The molecule has 4 nitrogen and oxygen atoms in total. The van der Waals surface area contributed by atoms with Gasteiger partial charge >= 0.3 is 0 Å². The van der Waals surface area contributed by atoms with Gasteiger partial charge in [-0.05, 0) is 32.1 Å². The predicted octanol–water partition coefficient (Wildman–Crippen LogP) is 3.04. The molecule has 1 saturated heterocycles. The van der Waals surface area contributed by atoms with Crippen molar-refractivity contribution in [3.8, 4) is 0 Å². The highest BCUT2D eigenvalue weighted by molar-refractivity contribution is 6.39. The van der Waals surface area contributed by atoms with E-state index >= 15 is 0 Å². The number of likely N-dealkylation sites (tertiary alicyclic amines) is 1. The number of hydrogen-bond acceptors (Lipinski definition) is 3. The number of nitrogens with one attached hydrogen (secondary N) is 2. The van der Waals surface area contributed by atoms with Crippen LogP contribution in [0.1, 0.15) is 12.8 Å². The summed E-state index contributed by atoms with van der Waals surface area (Å²) < 4.78 is 0. The molecule has 7 heteroatoms. The molecule has 1 aromatic rings. The normalized spacial score (nSPS) is 18.3. The number of carbonyl (C=O) groups is 1. The predicted molar refractivity (Wildman–Crippen MR) is 90.9 cm³/mol. The molecule has 1 aliphatic heterocycles. The van der Waals surface area contributed by atoms with E-state index in [0.717, 1.165) is 26.1 Å². The molecular formula is C14H20Cl3N3O. The third-order valence-electron chi connectivity index (χ3n) is 3.56. The molecule has 0 radical (unpaired) electrons. The fourth-order valence-corrected chi connectivity index (χ4v) is 2.84. The number of rotatable bonds is 5. The Kier molecular flexibility index (Phi) is 7.77. The van der Waals surface area contributed by atoms with E-state index in [2.05, 4.69) is 15.5 Å². The lowest BCUT2D eigenvalue weighted by Gasteiger charge is -2.16. The number of halogens is 3. The van der Waals surface area contributed by atoms with Gasteiger partial charge < -0.3 is 15.5 Å². The fraction of sp³-hybridized carbons (Fsp3) is 0.500. The summed E-state index contributed by atoms with van der Waals surface area (Å²) in [5, 5.41) is 6.96. The molecule has 1 fully saturated rings. The van der Waals surface area contributed by atoms with Crippen molar-refractivity contribution in [2.24, 2.45) is 0 Å². The molecule has 1 heterocycles. The zero-order valence-corrected chi connectivity index (χ0v) is 14.2. The van der Waals surface area contributed by atoms with Crippen LogP contribution < -0.4 is 10.6 Å². The minimum absolute atomic E-state index is 0. The summed E-state index contributed by atoms with van der Waals surface area (Å²) in [4.78, 5) is 14.2. The Morgan fingerprint density at radius 1 is 1.38 bits per heavy atom. The van der Waals surface area contributed by atoms with E-state index in [1.54, 1.807) is 18.2 Å². The van der Waals surface area contributed by atoms with Crippen LogP contribution in [0.2, 0.25) is 10.0 Å². The van der Waals surface area contributed by atoms with Gasteiger partial charge in [0.2, 0.25) is 5.91 Å². The van der Waals surface area contributed by atoms with Crippen molar-refractivity contribution in [3.63, 3.8) is 0 Å². The lowest BCUT2D eigenvalue weighted by molar-refractivity contribution is -0.116. The second kappa shape index (κ2) is 8.81. The summed E-state index contributed by atoms with van der Waals surface area (Å²) in [5.74, 6) is -0.0621. The summed E-state index contributed by atoms with van der Waals surface area (Å²) >= 11 is 12.0. The molecule has 1 aliphatic rings. The summed E-state index contributed by atoms with van der Waals surface area (Å²) in [7, 11) is 1.97. The highest BCUT2D eigenvalue weighted by atomic mass is 35.5. The van der Waals surface area contributed by atoms with E-state index in [1.807, 2.05) is 7.05 Å². The molecule has 0 saturated carbocycles. The fourth-order valence-electron chi connectivity index (χ4n) is 2.35. The zero-order chi connectivity index (χ0) is 14.5. The molecule has 1 amide bonds.